The molecule has 3 aromatic rings. The van der Waals surface area contributed by atoms with E-state index in [1.165, 1.54) is 22.6 Å². The first-order valence-corrected chi connectivity index (χ1v) is 8.68. The van der Waals surface area contributed by atoms with E-state index in [-0.39, 0.29) is 16.6 Å². The summed E-state index contributed by atoms with van der Waals surface area (Å²) >= 11 is 0.865. The van der Waals surface area contributed by atoms with Crippen LogP contribution in [0.4, 0.5) is 18.9 Å². The van der Waals surface area contributed by atoms with Gasteiger partial charge < -0.3 is 5.32 Å². The second-order valence-electron chi connectivity index (χ2n) is 5.60. The molecule has 1 amide bonds. The molecule has 0 saturated heterocycles. The molecule has 0 saturated carbocycles. The summed E-state index contributed by atoms with van der Waals surface area (Å²) in [4.78, 5) is 32.0. The Bertz CT molecular complexity index is 1070. The number of benzene rings is 1. The number of nitrogens with one attached hydrogen (secondary N) is 1. The maximum Gasteiger partial charge on any atom is 0.418 e. The van der Waals surface area contributed by atoms with Crippen molar-refractivity contribution in [1.82, 2.24) is 14.4 Å². The van der Waals surface area contributed by atoms with Gasteiger partial charge in [-0.15, -0.1) is 0 Å². The number of fused-ring (bicyclic) bond motifs is 1. The summed E-state index contributed by atoms with van der Waals surface area (Å²) in [6, 6.07) is 8.11. The lowest BCUT2D eigenvalue weighted by atomic mass is 10.1. The van der Waals surface area contributed by atoms with E-state index in [4.69, 9.17) is 0 Å². The van der Waals surface area contributed by atoms with Gasteiger partial charge in [0, 0.05) is 6.20 Å². The zero-order valence-corrected chi connectivity index (χ0v) is 14.8. The van der Waals surface area contributed by atoms with Crippen molar-refractivity contribution < 1.29 is 18.0 Å². The molecule has 140 valence electrons. The highest BCUT2D eigenvalue weighted by atomic mass is 32.2. The van der Waals surface area contributed by atoms with E-state index in [9.17, 15) is 22.8 Å². The predicted molar refractivity (Wildman–Crippen MR) is 94.8 cm³/mol. The average molecular weight is 394 g/mol. The van der Waals surface area contributed by atoms with Crippen LogP contribution in [0.2, 0.25) is 0 Å². The molecular formula is C17H13F3N4O2S. The number of alkyl halides is 3. The van der Waals surface area contributed by atoms with E-state index in [1.54, 1.807) is 18.3 Å². The molecular weight excluding hydrogens is 381 g/mol. The van der Waals surface area contributed by atoms with Gasteiger partial charge in [0.15, 0.2) is 5.16 Å². The molecule has 0 unspecified atom stereocenters. The minimum absolute atomic E-state index is 0.0723. The molecule has 1 N–H and O–H groups in total. The number of aryl methyl sites for hydroxylation is 1. The Hall–Kier alpha value is -2.88. The van der Waals surface area contributed by atoms with Crippen molar-refractivity contribution in [2.45, 2.75) is 18.3 Å². The van der Waals surface area contributed by atoms with Crippen LogP contribution in [0, 0.1) is 6.92 Å². The fourth-order valence-electron chi connectivity index (χ4n) is 2.32. The smallest absolute Gasteiger partial charge is 0.325 e. The van der Waals surface area contributed by atoms with E-state index in [2.05, 4.69) is 15.3 Å². The van der Waals surface area contributed by atoms with Gasteiger partial charge in [0.05, 0.1) is 17.0 Å². The number of aromatic nitrogens is 3. The number of halogens is 3. The molecule has 0 bridgehead atoms. The van der Waals surface area contributed by atoms with E-state index in [1.807, 2.05) is 6.92 Å². The quantitative estimate of drug-likeness (QED) is 0.688. The van der Waals surface area contributed by atoms with Gasteiger partial charge in [0.25, 0.3) is 0 Å². The number of thioether (sulfide) groups is 1. The van der Waals surface area contributed by atoms with Crippen LogP contribution in [0.25, 0.3) is 5.65 Å². The summed E-state index contributed by atoms with van der Waals surface area (Å²) in [5.74, 6) is -0.905. The zero-order valence-electron chi connectivity index (χ0n) is 13.9. The molecule has 27 heavy (non-hydrogen) atoms. The van der Waals surface area contributed by atoms with Gasteiger partial charge in [-0.3, -0.25) is 9.20 Å². The Labute approximate surface area is 155 Å². The first-order chi connectivity index (χ1) is 12.7. The number of nitrogens with zero attached hydrogens (tertiary/aromatic N) is 3. The van der Waals surface area contributed by atoms with Gasteiger partial charge in [0.1, 0.15) is 5.65 Å². The molecule has 0 aliphatic heterocycles. The minimum Gasteiger partial charge on any atom is -0.325 e. The monoisotopic (exact) mass is 394 g/mol. The van der Waals surface area contributed by atoms with Crippen LogP contribution < -0.4 is 11.0 Å². The molecule has 0 atom stereocenters. The molecule has 3 rings (SSSR count). The largest absolute Gasteiger partial charge is 0.418 e. The van der Waals surface area contributed by atoms with E-state index >= 15 is 0 Å². The first kappa shape index (κ1) is 18.9. The topological polar surface area (TPSA) is 76.4 Å². The van der Waals surface area contributed by atoms with E-state index in [0.717, 1.165) is 23.4 Å². The van der Waals surface area contributed by atoms with Crippen molar-refractivity contribution in [3.8, 4) is 0 Å². The molecule has 0 aliphatic carbocycles. The van der Waals surface area contributed by atoms with Gasteiger partial charge in [-0.25, -0.2) is 9.78 Å². The molecule has 0 fully saturated rings. The molecule has 0 spiro atoms. The summed E-state index contributed by atoms with van der Waals surface area (Å²) in [7, 11) is 0. The number of para-hydroxylation sites is 1. The predicted octanol–water partition coefficient (Wildman–Crippen LogP) is 3.15. The first-order valence-electron chi connectivity index (χ1n) is 7.70. The normalized spacial score (nSPS) is 11.6. The third kappa shape index (κ3) is 4.45. The Kier molecular flexibility index (Phi) is 5.17. The van der Waals surface area contributed by atoms with Gasteiger partial charge in [-0.2, -0.15) is 18.2 Å². The third-order valence-corrected chi connectivity index (χ3v) is 4.37. The Balaban J connectivity index is 1.73. The highest BCUT2D eigenvalue weighted by Crippen LogP contribution is 2.34. The highest BCUT2D eigenvalue weighted by Gasteiger charge is 2.33. The fraction of sp³-hybridized carbons (Fsp3) is 0.176. The maximum absolute atomic E-state index is 13.0. The van der Waals surface area contributed by atoms with Crippen LogP contribution in [-0.4, -0.2) is 26.0 Å². The maximum atomic E-state index is 13.0. The second kappa shape index (κ2) is 7.39. The Morgan fingerprint density at radius 2 is 1.93 bits per heavy atom. The zero-order chi connectivity index (χ0) is 19.6. The number of rotatable bonds is 4. The Morgan fingerprint density at radius 1 is 1.19 bits per heavy atom. The number of carbonyl (C=O) groups excluding carboxylic acids is 1. The number of pyridine rings is 1. The summed E-state index contributed by atoms with van der Waals surface area (Å²) in [5.41, 5.74) is -0.583. The van der Waals surface area contributed by atoms with E-state index in [0.29, 0.717) is 5.65 Å². The molecule has 6 nitrogen and oxygen atoms in total. The van der Waals surface area contributed by atoms with Crippen LogP contribution in [-0.2, 0) is 11.0 Å². The van der Waals surface area contributed by atoms with Gasteiger partial charge in [-0.05, 0) is 30.7 Å². The number of hydrogen-bond donors (Lipinski definition) is 1. The number of amides is 1. The summed E-state index contributed by atoms with van der Waals surface area (Å²) < 4.78 is 40.1. The van der Waals surface area contributed by atoms with Crippen molar-refractivity contribution in [3.63, 3.8) is 0 Å². The Morgan fingerprint density at radius 3 is 2.67 bits per heavy atom. The molecule has 2 heterocycles. The molecule has 0 aliphatic rings. The number of hydrogen-bond acceptors (Lipinski definition) is 5. The van der Waals surface area contributed by atoms with E-state index < -0.39 is 23.3 Å². The van der Waals surface area contributed by atoms with Crippen molar-refractivity contribution >= 4 is 29.0 Å². The second-order valence-corrected chi connectivity index (χ2v) is 6.55. The third-order valence-electron chi connectivity index (χ3n) is 3.52. The van der Waals surface area contributed by atoms with Crippen molar-refractivity contribution in [2.24, 2.45) is 0 Å². The SMILES string of the molecule is Cc1ccc2nc(SCC(=O)Nc3ccccc3C(F)(F)F)nc(=O)n2c1. The number of carbonyl (C=O) groups is 1. The molecule has 0 radical (unpaired) electrons. The lowest BCUT2D eigenvalue weighted by molar-refractivity contribution is -0.137. The summed E-state index contributed by atoms with van der Waals surface area (Å²) in [6.07, 6.45) is -2.99. The molecule has 1 aromatic carbocycles. The van der Waals surface area contributed by atoms with Gasteiger partial charge >= 0.3 is 11.9 Å². The lowest BCUT2D eigenvalue weighted by Crippen LogP contribution is -2.21. The van der Waals surface area contributed by atoms with Crippen LogP contribution in [0.1, 0.15) is 11.1 Å². The van der Waals surface area contributed by atoms with Crippen LogP contribution in [0.15, 0.2) is 52.5 Å². The minimum atomic E-state index is -4.58. The van der Waals surface area contributed by atoms with Crippen molar-refractivity contribution in [2.75, 3.05) is 11.1 Å². The molecule has 10 heteroatoms. The van der Waals surface area contributed by atoms with Gasteiger partial charge in [-0.1, -0.05) is 30.0 Å². The average Bonchev–Trinajstić information content (AvgIpc) is 2.60. The lowest BCUT2D eigenvalue weighted by Gasteiger charge is -2.13. The summed E-state index contributed by atoms with van der Waals surface area (Å²) in [5, 5.41) is 2.30. The van der Waals surface area contributed by atoms with Crippen LogP contribution in [0.5, 0.6) is 0 Å². The summed E-state index contributed by atoms with van der Waals surface area (Å²) in [6.45, 7) is 1.82. The molecule has 2 aromatic heterocycles. The van der Waals surface area contributed by atoms with Crippen molar-refractivity contribution in [3.05, 3.63) is 64.2 Å². The number of anilines is 1. The fourth-order valence-corrected chi connectivity index (χ4v) is 2.96. The van der Waals surface area contributed by atoms with Gasteiger partial charge in [0.2, 0.25) is 5.91 Å². The highest BCUT2D eigenvalue weighted by molar-refractivity contribution is 7.99. The van der Waals surface area contributed by atoms with Crippen LogP contribution in [0.3, 0.4) is 0 Å². The standard InChI is InChI=1S/C17H13F3N4O2S/c1-10-6-7-13-22-15(23-16(26)24(13)8-10)27-9-14(25)21-12-5-3-2-4-11(12)17(18,19)20/h2-8H,9H2,1H3,(H,21,25). The van der Waals surface area contributed by atoms with Crippen LogP contribution >= 0.6 is 11.8 Å². The van der Waals surface area contributed by atoms with Crippen molar-refractivity contribution in [1.29, 1.82) is 0 Å².